The number of hydrogen-bond donors (Lipinski definition) is 2. The van der Waals surface area contributed by atoms with Gasteiger partial charge in [-0.25, -0.2) is 4.79 Å². The molecule has 0 aliphatic carbocycles. The largest absolute Gasteiger partial charge is 0.479 e. The van der Waals surface area contributed by atoms with Crippen molar-refractivity contribution in [2.75, 3.05) is 0 Å². The molecule has 0 heterocycles. The Bertz CT molecular complexity index is 352. The predicted molar refractivity (Wildman–Crippen MR) is 76.4 cm³/mol. The van der Waals surface area contributed by atoms with Crippen molar-refractivity contribution in [2.24, 2.45) is 0 Å². The van der Waals surface area contributed by atoms with E-state index >= 15 is 0 Å². The molecule has 0 amide bonds. The molecule has 0 radical (unpaired) electrons. The summed E-state index contributed by atoms with van der Waals surface area (Å²) in [5.41, 5.74) is 0. The maximum Gasteiger partial charge on any atom is 0.332 e. The fraction of sp³-hybridized carbons (Fsp3) is 0.688. The van der Waals surface area contributed by atoms with E-state index in [4.69, 9.17) is 10.2 Å². The van der Waals surface area contributed by atoms with Crippen LogP contribution in [0.1, 0.15) is 64.7 Å². The third kappa shape index (κ3) is 12.8. The average molecular weight is 264 g/mol. The minimum atomic E-state index is -1.20. The van der Waals surface area contributed by atoms with E-state index in [1.807, 2.05) is 0 Å². The van der Waals surface area contributed by atoms with Gasteiger partial charge in [-0.1, -0.05) is 44.4 Å². The molecule has 0 aliphatic heterocycles. The zero-order valence-corrected chi connectivity index (χ0v) is 11.7. The molecule has 0 aromatic rings. The van der Waals surface area contributed by atoms with E-state index in [1.54, 1.807) is 0 Å². The van der Waals surface area contributed by atoms with E-state index < -0.39 is 12.1 Å². The summed E-state index contributed by atoms with van der Waals surface area (Å²) in [5.74, 6) is 10.5. The highest BCUT2D eigenvalue weighted by Crippen LogP contribution is 2.08. The minimum Gasteiger partial charge on any atom is -0.479 e. The van der Waals surface area contributed by atoms with Crippen LogP contribution < -0.4 is 0 Å². The van der Waals surface area contributed by atoms with Crippen LogP contribution in [0.15, 0.2) is 0 Å². The number of aliphatic hydroxyl groups excluding tert-OH is 1. The minimum absolute atomic E-state index is 0.349. The summed E-state index contributed by atoms with van der Waals surface area (Å²) in [7, 11) is 0. The van der Waals surface area contributed by atoms with Crippen LogP contribution in [0.2, 0.25) is 0 Å². The molecule has 3 nitrogen and oxygen atoms in total. The molecular formula is C16H24O3. The van der Waals surface area contributed by atoms with Crippen LogP contribution in [0, 0.1) is 23.7 Å². The van der Waals surface area contributed by atoms with Crippen molar-refractivity contribution in [3.05, 3.63) is 0 Å². The van der Waals surface area contributed by atoms with Crippen molar-refractivity contribution in [1.82, 2.24) is 0 Å². The van der Waals surface area contributed by atoms with Gasteiger partial charge < -0.3 is 10.2 Å². The van der Waals surface area contributed by atoms with Gasteiger partial charge in [0.25, 0.3) is 0 Å². The normalized spacial score (nSPS) is 10.8. The quantitative estimate of drug-likeness (QED) is 0.497. The van der Waals surface area contributed by atoms with Gasteiger partial charge in [0, 0.05) is 12.8 Å². The van der Waals surface area contributed by atoms with Gasteiger partial charge in [-0.3, -0.25) is 0 Å². The van der Waals surface area contributed by atoms with Crippen LogP contribution in [0.3, 0.4) is 0 Å². The first-order valence-electron chi connectivity index (χ1n) is 7.05. The number of carbonyl (C=O) groups is 1. The third-order valence-electron chi connectivity index (χ3n) is 2.68. The van der Waals surface area contributed by atoms with Gasteiger partial charge in [-0.05, 0) is 31.1 Å². The van der Waals surface area contributed by atoms with Crippen LogP contribution in [-0.4, -0.2) is 22.3 Å². The van der Waals surface area contributed by atoms with Crippen molar-refractivity contribution in [3.63, 3.8) is 0 Å². The Morgan fingerprint density at radius 1 is 1.00 bits per heavy atom. The van der Waals surface area contributed by atoms with Gasteiger partial charge in [0.2, 0.25) is 0 Å². The van der Waals surface area contributed by atoms with Crippen LogP contribution in [0.5, 0.6) is 0 Å². The lowest BCUT2D eigenvalue weighted by Crippen LogP contribution is -2.18. The fourth-order valence-corrected chi connectivity index (χ4v) is 1.54. The Labute approximate surface area is 116 Å². The average Bonchev–Trinajstić information content (AvgIpc) is 2.39. The fourth-order valence-electron chi connectivity index (χ4n) is 1.54. The Morgan fingerprint density at radius 3 is 2.21 bits per heavy atom. The maximum absolute atomic E-state index is 10.4. The molecule has 0 bridgehead atoms. The summed E-state index contributed by atoms with van der Waals surface area (Å²) in [6.07, 6.45) is 6.96. The number of aliphatic carboxylic acids is 1. The van der Waals surface area contributed by atoms with E-state index in [-0.39, 0.29) is 0 Å². The second kappa shape index (κ2) is 13.0. The van der Waals surface area contributed by atoms with Gasteiger partial charge in [-0.15, -0.1) is 0 Å². The molecular weight excluding hydrogens is 240 g/mol. The number of carboxylic acid groups (broad SMARTS) is 1. The Hall–Kier alpha value is -1.45. The molecule has 0 fully saturated rings. The van der Waals surface area contributed by atoms with Crippen molar-refractivity contribution in [3.8, 4) is 23.7 Å². The lowest BCUT2D eigenvalue weighted by molar-refractivity contribution is -0.146. The Balaban J connectivity index is 3.33. The second-order valence-electron chi connectivity index (χ2n) is 4.51. The standard InChI is InChI=1S/C16H24O3/c1-2-3-4-5-6-7-8-9-10-11-12-13-14-15(17)16(18)19/h15,17H,2-3,8-14H2,1H3,(H,18,19). The van der Waals surface area contributed by atoms with E-state index in [0.29, 0.717) is 6.42 Å². The molecule has 0 saturated heterocycles. The highest BCUT2D eigenvalue weighted by molar-refractivity contribution is 5.71. The topological polar surface area (TPSA) is 57.5 Å². The number of aliphatic hydroxyl groups is 1. The first kappa shape index (κ1) is 17.6. The highest BCUT2D eigenvalue weighted by atomic mass is 16.4. The summed E-state index contributed by atoms with van der Waals surface area (Å²) in [6.45, 7) is 2.09. The van der Waals surface area contributed by atoms with Crippen LogP contribution in [0.25, 0.3) is 0 Å². The van der Waals surface area contributed by atoms with E-state index in [0.717, 1.165) is 51.4 Å². The molecule has 3 heteroatoms. The van der Waals surface area contributed by atoms with Crippen molar-refractivity contribution < 1.29 is 15.0 Å². The zero-order valence-electron chi connectivity index (χ0n) is 11.7. The summed E-state index contributed by atoms with van der Waals surface area (Å²) in [4.78, 5) is 10.4. The number of hydrogen-bond acceptors (Lipinski definition) is 2. The third-order valence-corrected chi connectivity index (χ3v) is 2.68. The van der Waals surface area contributed by atoms with Crippen molar-refractivity contribution in [2.45, 2.75) is 70.8 Å². The van der Waals surface area contributed by atoms with Crippen molar-refractivity contribution in [1.29, 1.82) is 0 Å². The molecule has 1 atom stereocenters. The molecule has 0 saturated carbocycles. The number of carboxylic acids is 1. The molecule has 1 unspecified atom stereocenters. The van der Waals surface area contributed by atoms with Crippen LogP contribution >= 0.6 is 0 Å². The Kier molecular flexibility index (Phi) is 12.0. The molecule has 0 spiro atoms. The smallest absolute Gasteiger partial charge is 0.332 e. The highest BCUT2D eigenvalue weighted by Gasteiger charge is 2.11. The van der Waals surface area contributed by atoms with E-state index in [9.17, 15) is 4.79 Å². The molecule has 0 aromatic heterocycles. The van der Waals surface area contributed by atoms with Crippen molar-refractivity contribution >= 4 is 5.97 Å². The summed E-state index contributed by atoms with van der Waals surface area (Å²) in [5, 5.41) is 17.5. The molecule has 106 valence electrons. The molecule has 0 aliphatic rings. The first-order chi connectivity index (χ1) is 9.18. The number of rotatable bonds is 9. The van der Waals surface area contributed by atoms with Gasteiger partial charge in [0.1, 0.15) is 0 Å². The van der Waals surface area contributed by atoms with Crippen LogP contribution in [-0.2, 0) is 4.79 Å². The first-order valence-corrected chi connectivity index (χ1v) is 7.05. The molecule has 0 aromatic carbocycles. The van der Waals surface area contributed by atoms with Gasteiger partial charge in [0.15, 0.2) is 6.10 Å². The summed E-state index contributed by atoms with van der Waals surface area (Å²) < 4.78 is 0. The summed E-state index contributed by atoms with van der Waals surface area (Å²) in [6, 6.07) is 0. The molecule has 19 heavy (non-hydrogen) atoms. The second-order valence-corrected chi connectivity index (χ2v) is 4.51. The van der Waals surface area contributed by atoms with E-state index in [2.05, 4.69) is 30.6 Å². The molecule has 2 N–H and O–H groups in total. The monoisotopic (exact) mass is 264 g/mol. The lowest BCUT2D eigenvalue weighted by atomic mass is 10.1. The predicted octanol–water partition coefficient (Wildman–Crippen LogP) is 2.97. The number of unbranched alkanes of at least 4 members (excludes halogenated alkanes) is 6. The zero-order chi connectivity index (χ0) is 14.3. The maximum atomic E-state index is 10.4. The van der Waals surface area contributed by atoms with Gasteiger partial charge >= 0.3 is 5.97 Å². The SMILES string of the molecule is CCCC#CC#CCCCCCCCC(O)C(=O)O. The van der Waals surface area contributed by atoms with E-state index in [1.165, 1.54) is 0 Å². The Morgan fingerprint density at radius 2 is 1.58 bits per heavy atom. The summed E-state index contributed by atoms with van der Waals surface area (Å²) >= 11 is 0. The van der Waals surface area contributed by atoms with Gasteiger partial charge in [-0.2, -0.15) is 0 Å². The lowest BCUT2D eigenvalue weighted by Gasteiger charge is -2.04. The van der Waals surface area contributed by atoms with Gasteiger partial charge in [0.05, 0.1) is 0 Å². The molecule has 0 rings (SSSR count). The van der Waals surface area contributed by atoms with Crippen LogP contribution in [0.4, 0.5) is 0 Å².